The number of rotatable bonds is 2. The second kappa shape index (κ2) is 5.35. The van der Waals surface area contributed by atoms with Crippen LogP contribution in [-0.2, 0) is 0 Å². The van der Waals surface area contributed by atoms with E-state index in [4.69, 9.17) is 11.6 Å². The first-order valence-electron chi connectivity index (χ1n) is 6.75. The Morgan fingerprint density at radius 3 is 3.05 bits per heavy atom. The summed E-state index contributed by atoms with van der Waals surface area (Å²) < 4.78 is 2.12. The number of nitrogens with one attached hydrogen (secondary N) is 1. The summed E-state index contributed by atoms with van der Waals surface area (Å²) in [7, 11) is 0. The maximum Gasteiger partial charge on any atom is 0.0994 e. The smallest absolute Gasteiger partial charge is 0.0994 e. The molecule has 1 saturated heterocycles. The van der Waals surface area contributed by atoms with Gasteiger partial charge in [-0.3, -0.25) is 0 Å². The average molecular weight is 276 g/mol. The van der Waals surface area contributed by atoms with Crippen molar-refractivity contribution in [1.29, 1.82) is 0 Å². The molecule has 1 aromatic carbocycles. The first-order chi connectivity index (χ1) is 9.25. The van der Waals surface area contributed by atoms with Gasteiger partial charge in [0, 0.05) is 24.4 Å². The van der Waals surface area contributed by atoms with Gasteiger partial charge in [-0.15, -0.1) is 0 Å². The predicted molar refractivity (Wildman–Crippen MR) is 78.2 cm³/mol. The normalized spacial score (nSPS) is 19.6. The molecule has 3 rings (SSSR count). The molecule has 0 aliphatic carbocycles. The number of piperidine rings is 1. The van der Waals surface area contributed by atoms with E-state index in [0.717, 1.165) is 23.8 Å². The van der Waals surface area contributed by atoms with Crippen molar-refractivity contribution in [2.24, 2.45) is 0 Å². The van der Waals surface area contributed by atoms with Crippen LogP contribution in [-0.4, -0.2) is 22.6 Å². The second-order valence-electron chi connectivity index (χ2n) is 5.19. The van der Waals surface area contributed by atoms with Crippen molar-refractivity contribution in [3.63, 3.8) is 0 Å². The molecule has 3 nitrogen and oxygen atoms in total. The molecule has 1 aromatic heterocycles. The van der Waals surface area contributed by atoms with Gasteiger partial charge in [-0.25, -0.2) is 4.98 Å². The number of hydrogen-bond donors (Lipinski definition) is 1. The minimum absolute atomic E-state index is 0.522. The fraction of sp³-hybridized carbons (Fsp3) is 0.400. The maximum absolute atomic E-state index is 6.37. The Hall–Kier alpha value is -1.32. The monoisotopic (exact) mass is 275 g/mol. The summed E-state index contributed by atoms with van der Waals surface area (Å²) in [6.45, 7) is 4.20. The lowest BCUT2D eigenvalue weighted by molar-refractivity contribution is 0.451. The highest BCUT2D eigenvalue weighted by molar-refractivity contribution is 6.32. The van der Waals surface area contributed by atoms with Crippen molar-refractivity contribution in [3.05, 3.63) is 47.0 Å². The molecule has 1 atom stereocenters. The summed E-state index contributed by atoms with van der Waals surface area (Å²) >= 11 is 6.37. The zero-order chi connectivity index (χ0) is 13.2. The Morgan fingerprint density at radius 2 is 2.32 bits per heavy atom. The van der Waals surface area contributed by atoms with E-state index in [0.29, 0.717) is 5.92 Å². The SMILES string of the molecule is Cc1ccc(-n2cncc2C2CCCNC2)c(Cl)c1. The van der Waals surface area contributed by atoms with E-state index in [2.05, 4.69) is 33.9 Å². The molecular formula is C15H18ClN3. The van der Waals surface area contributed by atoms with Gasteiger partial charge < -0.3 is 9.88 Å². The molecule has 0 amide bonds. The number of benzene rings is 1. The van der Waals surface area contributed by atoms with Crippen LogP contribution in [0.3, 0.4) is 0 Å². The molecule has 0 radical (unpaired) electrons. The number of nitrogens with zero attached hydrogens (tertiary/aromatic N) is 2. The Morgan fingerprint density at radius 1 is 1.42 bits per heavy atom. The Balaban J connectivity index is 1.99. The standard InChI is InChI=1S/C15H18ClN3/c1-11-4-5-14(13(16)7-11)19-10-18-9-15(19)12-3-2-6-17-8-12/h4-5,7,9-10,12,17H,2-3,6,8H2,1H3. The van der Waals surface area contributed by atoms with Gasteiger partial charge in [0.25, 0.3) is 0 Å². The summed E-state index contributed by atoms with van der Waals surface area (Å²) in [4.78, 5) is 4.31. The summed E-state index contributed by atoms with van der Waals surface area (Å²) in [5, 5.41) is 4.23. The van der Waals surface area contributed by atoms with Crippen LogP contribution in [0.15, 0.2) is 30.7 Å². The lowest BCUT2D eigenvalue weighted by Crippen LogP contribution is -2.29. The summed E-state index contributed by atoms with van der Waals surface area (Å²) in [6, 6.07) is 6.16. The third kappa shape index (κ3) is 2.53. The molecular weight excluding hydrogens is 258 g/mol. The first kappa shape index (κ1) is 12.7. The highest BCUT2D eigenvalue weighted by atomic mass is 35.5. The lowest BCUT2D eigenvalue weighted by atomic mass is 9.96. The number of halogens is 1. The molecule has 0 spiro atoms. The highest BCUT2D eigenvalue weighted by Crippen LogP contribution is 2.28. The van der Waals surface area contributed by atoms with E-state index in [1.807, 2.05) is 18.6 Å². The molecule has 100 valence electrons. The van der Waals surface area contributed by atoms with Crippen LogP contribution in [0, 0.1) is 6.92 Å². The van der Waals surface area contributed by atoms with E-state index in [1.54, 1.807) is 0 Å². The zero-order valence-corrected chi connectivity index (χ0v) is 11.8. The van der Waals surface area contributed by atoms with Gasteiger partial charge in [0.1, 0.15) is 0 Å². The Kier molecular flexibility index (Phi) is 3.58. The van der Waals surface area contributed by atoms with Gasteiger partial charge >= 0.3 is 0 Å². The minimum atomic E-state index is 0.522. The highest BCUT2D eigenvalue weighted by Gasteiger charge is 2.20. The fourth-order valence-corrected chi connectivity index (χ4v) is 3.05. The van der Waals surface area contributed by atoms with Gasteiger partial charge in [-0.05, 0) is 44.0 Å². The van der Waals surface area contributed by atoms with Gasteiger partial charge in [-0.2, -0.15) is 0 Å². The van der Waals surface area contributed by atoms with Crippen LogP contribution in [0.5, 0.6) is 0 Å². The molecule has 2 aromatic rings. The molecule has 19 heavy (non-hydrogen) atoms. The van der Waals surface area contributed by atoms with E-state index >= 15 is 0 Å². The maximum atomic E-state index is 6.37. The third-order valence-corrected chi connectivity index (χ3v) is 4.05. The number of hydrogen-bond acceptors (Lipinski definition) is 2. The molecule has 2 heterocycles. The van der Waals surface area contributed by atoms with Crippen LogP contribution in [0.25, 0.3) is 5.69 Å². The molecule has 0 bridgehead atoms. The van der Waals surface area contributed by atoms with Gasteiger partial charge in [0.2, 0.25) is 0 Å². The third-order valence-electron chi connectivity index (χ3n) is 3.74. The number of aryl methyl sites for hydroxylation is 1. The molecule has 1 unspecified atom stereocenters. The van der Waals surface area contributed by atoms with Crippen LogP contribution in [0.2, 0.25) is 5.02 Å². The van der Waals surface area contributed by atoms with Gasteiger partial charge in [0.15, 0.2) is 0 Å². The average Bonchev–Trinajstić information content (AvgIpc) is 2.89. The summed E-state index contributed by atoms with van der Waals surface area (Å²) in [6.07, 6.45) is 6.26. The zero-order valence-electron chi connectivity index (χ0n) is 11.1. The first-order valence-corrected chi connectivity index (χ1v) is 7.13. The Labute approximate surface area is 118 Å². The van der Waals surface area contributed by atoms with Crippen molar-refractivity contribution in [1.82, 2.24) is 14.9 Å². The van der Waals surface area contributed by atoms with Gasteiger partial charge in [0.05, 0.1) is 17.0 Å². The topological polar surface area (TPSA) is 29.9 Å². The van der Waals surface area contributed by atoms with Crippen LogP contribution in [0.1, 0.15) is 30.0 Å². The Bertz CT molecular complexity index is 571. The lowest BCUT2D eigenvalue weighted by Gasteiger charge is -2.24. The minimum Gasteiger partial charge on any atom is -0.316 e. The predicted octanol–water partition coefficient (Wildman–Crippen LogP) is 3.30. The van der Waals surface area contributed by atoms with Crippen molar-refractivity contribution in [3.8, 4) is 5.69 Å². The van der Waals surface area contributed by atoms with E-state index in [-0.39, 0.29) is 0 Å². The molecule has 0 saturated carbocycles. The van der Waals surface area contributed by atoms with Gasteiger partial charge in [-0.1, -0.05) is 17.7 Å². The van der Waals surface area contributed by atoms with Crippen molar-refractivity contribution >= 4 is 11.6 Å². The van der Waals surface area contributed by atoms with E-state index in [9.17, 15) is 0 Å². The molecule has 4 heteroatoms. The van der Waals surface area contributed by atoms with Crippen LogP contribution >= 0.6 is 11.6 Å². The molecule has 1 aliphatic rings. The van der Waals surface area contributed by atoms with Crippen molar-refractivity contribution in [2.45, 2.75) is 25.7 Å². The molecule has 1 aliphatic heterocycles. The fourth-order valence-electron chi connectivity index (χ4n) is 2.72. The van der Waals surface area contributed by atoms with Crippen molar-refractivity contribution < 1.29 is 0 Å². The number of imidazole rings is 1. The largest absolute Gasteiger partial charge is 0.316 e. The van der Waals surface area contributed by atoms with Crippen LogP contribution < -0.4 is 5.32 Å². The van der Waals surface area contributed by atoms with Crippen LogP contribution in [0.4, 0.5) is 0 Å². The quantitative estimate of drug-likeness (QED) is 0.911. The molecule has 1 fully saturated rings. The van der Waals surface area contributed by atoms with E-state index in [1.165, 1.54) is 24.1 Å². The summed E-state index contributed by atoms with van der Waals surface area (Å²) in [5.41, 5.74) is 3.44. The molecule has 1 N–H and O–H groups in total. The second-order valence-corrected chi connectivity index (χ2v) is 5.59. The number of aromatic nitrogens is 2. The summed E-state index contributed by atoms with van der Waals surface area (Å²) in [5.74, 6) is 0.522. The van der Waals surface area contributed by atoms with E-state index < -0.39 is 0 Å². The van der Waals surface area contributed by atoms with Crippen molar-refractivity contribution in [2.75, 3.05) is 13.1 Å².